The summed E-state index contributed by atoms with van der Waals surface area (Å²) in [7, 11) is 0. The van der Waals surface area contributed by atoms with E-state index in [-0.39, 0.29) is 10.6 Å². The van der Waals surface area contributed by atoms with E-state index in [0.717, 1.165) is 12.0 Å². The van der Waals surface area contributed by atoms with Gasteiger partial charge in [0.05, 0.1) is 4.92 Å². The molecular weight excluding hydrogens is 166 g/mol. The van der Waals surface area contributed by atoms with Crippen LogP contribution in [0.3, 0.4) is 0 Å². The lowest BCUT2D eigenvalue weighted by Crippen LogP contribution is -1.93. The Balaban J connectivity index is 2.38. The molecule has 13 heavy (non-hydrogen) atoms. The van der Waals surface area contributed by atoms with E-state index in [4.69, 9.17) is 0 Å². The van der Waals surface area contributed by atoms with Crippen molar-refractivity contribution in [2.75, 3.05) is 0 Å². The minimum atomic E-state index is -0.291. The third kappa shape index (κ3) is 1.41. The molecular formula is C10H11NO2. The Hall–Kier alpha value is -1.38. The van der Waals surface area contributed by atoms with Crippen molar-refractivity contribution in [1.29, 1.82) is 0 Å². The summed E-state index contributed by atoms with van der Waals surface area (Å²) in [5, 5.41) is 10.7. The fraction of sp³-hybridized carbons (Fsp3) is 0.400. The van der Waals surface area contributed by atoms with Gasteiger partial charge in [-0.15, -0.1) is 0 Å². The van der Waals surface area contributed by atoms with E-state index in [1.807, 2.05) is 12.1 Å². The maximum absolute atomic E-state index is 10.7. The molecule has 1 saturated carbocycles. The molecule has 2 rings (SSSR count). The van der Waals surface area contributed by atoms with Crippen LogP contribution < -0.4 is 0 Å². The molecule has 1 aromatic rings. The summed E-state index contributed by atoms with van der Waals surface area (Å²) in [6.07, 6.45) is 1.09. The van der Waals surface area contributed by atoms with Crippen molar-refractivity contribution >= 4 is 5.69 Å². The van der Waals surface area contributed by atoms with Crippen LogP contribution in [0.5, 0.6) is 0 Å². The number of para-hydroxylation sites is 1. The number of hydrogen-bond acceptors (Lipinski definition) is 2. The van der Waals surface area contributed by atoms with Crippen LogP contribution in [-0.4, -0.2) is 4.92 Å². The number of hydrogen-bond donors (Lipinski definition) is 0. The quantitative estimate of drug-likeness (QED) is 0.515. The molecule has 0 spiro atoms. The largest absolute Gasteiger partial charge is 0.272 e. The Bertz CT molecular complexity index is 349. The van der Waals surface area contributed by atoms with E-state index in [0.29, 0.717) is 11.8 Å². The summed E-state index contributed by atoms with van der Waals surface area (Å²) >= 11 is 0. The summed E-state index contributed by atoms with van der Waals surface area (Å²) in [6, 6.07) is 7.04. The van der Waals surface area contributed by atoms with Gasteiger partial charge in [-0.1, -0.05) is 25.1 Å². The van der Waals surface area contributed by atoms with Gasteiger partial charge < -0.3 is 0 Å². The Morgan fingerprint density at radius 3 is 2.62 bits per heavy atom. The van der Waals surface area contributed by atoms with Crippen LogP contribution in [0, 0.1) is 16.0 Å². The zero-order chi connectivity index (χ0) is 9.42. The Morgan fingerprint density at radius 1 is 1.46 bits per heavy atom. The van der Waals surface area contributed by atoms with Crippen LogP contribution in [0.1, 0.15) is 24.8 Å². The molecule has 3 heteroatoms. The molecule has 1 fully saturated rings. The first-order valence-corrected chi connectivity index (χ1v) is 4.43. The van der Waals surface area contributed by atoms with Crippen LogP contribution in [0.25, 0.3) is 0 Å². The average Bonchev–Trinajstić information content (AvgIpc) is 2.82. The topological polar surface area (TPSA) is 43.1 Å². The lowest BCUT2D eigenvalue weighted by molar-refractivity contribution is -0.385. The molecule has 0 N–H and O–H groups in total. The Labute approximate surface area is 76.5 Å². The van der Waals surface area contributed by atoms with Crippen LogP contribution >= 0.6 is 0 Å². The number of nitro groups is 1. The van der Waals surface area contributed by atoms with E-state index in [1.54, 1.807) is 12.1 Å². The van der Waals surface area contributed by atoms with Gasteiger partial charge in [-0.3, -0.25) is 10.1 Å². The monoisotopic (exact) mass is 177 g/mol. The lowest BCUT2D eigenvalue weighted by atomic mass is 10.1. The maximum Gasteiger partial charge on any atom is 0.272 e. The molecule has 0 aliphatic heterocycles. The second kappa shape index (κ2) is 2.83. The van der Waals surface area contributed by atoms with Gasteiger partial charge >= 0.3 is 0 Å². The van der Waals surface area contributed by atoms with Gasteiger partial charge in [0.25, 0.3) is 5.69 Å². The van der Waals surface area contributed by atoms with Gasteiger partial charge in [0.1, 0.15) is 0 Å². The standard InChI is InChI=1S/C10H11NO2/c1-7-6-9(7)8-4-2-3-5-10(8)11(12)13/h2-5,7,9H,6H2,1H3. The zero-order valence-corrected chi connectivity index (χ0v) is 7.43. The van der Waals surface area contributed by atoms with Gasteiger partial charge in [0.15, 0.2) is 0 Å². The second-order valence-corrected chi connectivity index (χ2v) is 3.64. The van der Waals surface area contributed by atoms with E-state index in [9.17, 15) is 10.1 Å². The minimum absolute atomic E-state index is 0.275. The fourth-order valence-electron chi connectivity index (χ4n) is 1.72. The average molecular weight is 177 g/mol. The highest BCUT2D eigenvalue weighted by atomic mass is 16.6. The smallest absolute Gasteiger partial charge is 0.258 e. The highest BCUT2D eigenvalue weighted by Crippen LogP contribution is 2.49. The van der Waals surface area contributed by atoms with Crippen LogP contribution in [0.15, 0.2) is 24.3 Å². The molecule has 1 aliphatic rings. The van der Waals surface area contributed by atoms with Crippen molar-refractivity contribution < 1.29 is 4.92 Å². The Kier molecular flexibility index (Phi) is 1.79. The summed E-state index contributed by atoms with van der Waals surface area (Å²) < 4.78 is 0. The van der Waals surface area contributed by atoms with Crippen LogP contribution in [0.2, 0.25) is 0 Å². The van der Waals surface area contributed by atoms with Gasteiger partial charge in [-0.05, 0) is 18.3 Å². The highest BCUT2D eigenvalue weighted by Gasteiger charge is 2.37. The summed E-state index contributed by atoms with van der Waals surface area (Å²) in [5.41, 5.74) is 1.18. The van der Waals surface area contributed by atoms with Gasteiger partial charge in [-0.2, -0.15) is 0 Å². The molecule has 1 aliphatic carbocycles. The van der Waals surface area contributed by atoms with E-state index >= 15 is 0 Å². The number of nitrogens with zero attached hydrogens (tertiary/aromatic N) is 1. The number of rotatable bonds is 2. The first-order chi connectivity index (χ1) is 6.20. The second-order valence-electron chi connectivity index (χ2n) is 3.64. The molecule has 0 bridgehead atoms. The molecule has 0 amide bonds. The van der Waals surface area contributed by atoms with Gasteiger partial charge in [0, 0.05) is 11.6 Å². The maximum atomic E-state index is 10.7. The predicted molar refractivity (Wildman–Crippen MR) is 49.6 cm³/mol. The van der Waals surface area contributed by atoms with E-state index in [1.165, 1.54) is 0 Å². The molecule has 0 heterocycles. The first-order valence-electron chi connectivity index (χ1n) is 4.43. The molecule has 0 radical (unpaired) electrons. The number of benzene rings is 1. The predicted octanol–water partition coefficient (Wildman–Crippen LogP) is 2.72. The molecule has 68 valence electrons. The van der Waals surface area contributed by atoms with E-state index < -0.39 is 0 Å². The summed E-state index contributed by atoms with van der Waals surface area (Å²) in [4.78, 5) is 10.4. The minimum Gasteiger partial charge on any atom is -0.258 e. The highest BCUT2D eigenvalue weighted by molar-refractivity contribution is 5.44. The van der Waals surface area contributed by atoms with E-state index in [2.05, 4.69) is 6.92 Å². The van der Waals surface area contributed by atoms with Crippen molar-refractivity contribution in [2.24, 2.45) is 5.92 Å². The summed E-state index contributed by atoms with van der Waals surface area (Å²) in [6.45, 7) is 2.13. The SMILES string of the molecule is CC1CC1c1ccccc1[N+](=O)[O-]. The Morgan fingerprint density at radius 2 is 2.08 bits per heavy atom. The third-order valence-corrected chi connectivity index (χ3v) is 2.64. The van der Waals surface area contributed by atoms with Gasteiger partial charge in [0.2, 0.25) is 0 Å². The molecule has 3 nitrogen and oxygen atoms in total. The van der Waals surface area contributed by atoms with Gasteiger partial charge in [-0.25, -0.2) is 0 Å². The number of nitro benzene ring substituents is 1. The molecule has 2 atom stereocenters. The molecule has 1 aromatic carbocycles. The molecule has 0 saturated heterocycles. The summed E-state index contributed by atoms with van der Waals surface area (Å²) in [5.74, 6) is 1.03. The molecule has 2 unspecified atom stereocenters. The first kappa shape index (κ1) is 8.23. The van der Waals surface area contributed by atoms with Crippen molar-refractivity contribution in [2.45, 2.75) is 19.3 Å². The van der Waals surface area contributed by atoms with Crippen LogP contribution in [0.4, 0.5) is 5.69 Å². The third-order valence-electron chi connectivity index (χ3n) is 2.64. The van der Waals surface area contributed by atoms with Crippen molar-refractivity contribution in [3.05, 3.63) is 39.9 Å². The normalized spacial score (nSPS) is 25.6. The lowest BCUT2D eigenvalue weighted by Gasteiger charge is -1.99. The zero-order valence-electron chi connectivity index (χ0n) is 7.43. The van der Waals surface area contributed by atoms with Crippen molar-refractivity contribution in [1.82, 2.24) is 0 Å². The van der Waals surface area contributed by atoms with Crippen LogP contribution in [-0.2, 0) is 0 Å². The van der Waals surface area contributed by atoms with Crippen molar-refractivity contribution in [3.63, 3.8) is 0 Å². The molecule has 0 aromatic heterocycles. The van der Waals surface area contributed by atoms with Crippen molar-refractivity contribution in [3.8, 4) is 0 Å². The fourth-order valence-corrected chi connectivity index (χ4v) is 1.72.